The molecular weight excluding hydrogens is 242 g/mol. The summed E-state index contributed by atoms with van der Waals surface area (Å²) in [5.74, 6) is 0. The molecule has 19 heavy (non-hydrogen) atoms. The van der Waals surface area contributed by atoms with Crippen molar-refractivity contribution in [1.29, 1.82) is 0 Å². The molecule has 0 amide bonds. The Hall–Kier alpha value is -2.43. The van der Waals surface area contributed by atoms with Gasteiger partial charge in [0.1, 0.15) is 5.69 Å². The Balaban J connectivity index is 2.03. The molecule has 0 saturated carbocycles. The molecule has 0 atom stereocenters. The van der Waals surface area contributed by atoms with Crippen LogP contribution >= 0.6 is 0 Å². The van der Waals surface area contributed by atoms with E-state index in [0.29, 0.717) is 12.2 Å². The SMILES string of the molecule is Cc1ccc([N+](=O)[O-])c(NCCc2ccncc2)c1. The third-order valence-corrected chi connectivity index (χ3v) is 2.83. The average molecular weight is 257 g/mol. The van der Waals surface area contributed by atoms with Crippen LogP contribution in [0.3, 0.4) is 0 Å². The summed E-state index contributed by atoms with van der Waals surface area (Å²) in [7, 11) is 0. The maximum Gasteiger partial charge on any atom is 0.292 e. The fourth-order valence-electron chi connectivity index (χ4n) is 1.84. The average Bonchev–Trinajstić information content (AvgIpc) is 2.39. The highest BCUT2D eigenvalue weighted by Gasteiger charge is 2.12. The van der Waals surface area contributed by atoms with E-state index < -0.39 is 0 Å². The van der Waals surface area contributed by atoms with Gasteiger partial charge in [-0.2, -0.15) is 0 Å². The van der Waals surface area contributed by atoms with E-state index in [1.807, 2.05) is 19.1 Å². The smallest absolute Gasteiger partial charge is 0.292 e. The molecule has 0 aliphatic carbocycles. The van der Waals surface area contributed by atoms with E-state index in [4.69, 9.17) is 0 Å². The third kappa shape index (κ3) is 3.51. The molecule has 1 N–H and O–H groups in total. The molecule has 1 aromatic heterocycles. The minimum absolute atomic E-state index is 0.111. The first-order valence-corrected chi connectivity index (χ1v) is 6.04. The van der Waals surface area contributed by atoms with Crippen LogP contribution < -0.4 is 5.32 Å². The summed E-state index contributed by atoms with van der Waals surface area (Å²) in [6, 6.07) is 8.94. The number of hydrogen-bond acceptors (Lipinski definition) is 4. The minimum Gasteiger partial charge on any atom is -0.379 e. The van der Waals surface area contributed by atoms with Crippen LogP contribution in [0.2, 0.25) is 0 Å². The van der Waals surface area contributed by atoms with Gasteiger partial charge in [-0.3, -0.25) is 15.1 Å². The van der Waals surface area contributed by atoms with E-state index in [-0.39, 0.29) is 10.6 Å². The molecule has 98 valence electrons. The van der Waals surface area contributed by atoms with Gasteiger partial charge in [-0.15, -0.1) is 0 Å². The van der Waals surface area contributed by atoms with Gasteiger partial charge in [-0.1, -0.05) is 6.07 Å². The molecular formula is C14H15N3O2. The Morgan fingerprint density at radius 2 is 2.00 bits per heavy atom. The lowest BCUT2D eigenvalue weighted by atomic mass is 10.1. The summed E-state index contributed by atoms with van der Waals surface area (Å²) in [4.78, 5) is 14.5. The number of nitrogens with one attached hydrogen (secondary N) is 1. The van der Waals surface area contributed by atoms with Gasteiger partial charge < -0.3 is 5.32 Å². The molecule has 0 bridgehead atoms. The standard InChI is InChI=1S/C14H15N3O2/c1-11-2-3-14(17(18)19)13(10-11)16-9-6-12-4-7-15-8-5-12/h2-5,7-8,10,16H,6,9H2,1H3. The minimum atomic E-state index is -0.367. The summed E-state index contributed by atoms with van der Waals surface area (Å²) in [5.41, 5.74) is 2.83. The maximum atomic E-state index is 10.9. The molecule has 0 spiro atoms. The second kappa shape index (κ2) is 5.95. The maximum absolute atomic E-state index is 10.9. The molecule has 1 heterocycles. The number of hydrogen-bond donors (Lipinski definition) is 1. The summed E-state index contributed by atoms with van der Waals surface area (Å²) >= 11 is 0. The zero-order valence-electron chi connectivity index (χ0n) is 10.7. The van der Waals surface area contributed by atoms with Gasteiger partial charge in [0, 0.05) is 25.0 Å². The molecule has 0 aliphatic rings. The Morgan fingerprint density at radius 1 is 1.26 bits per heavy atom. The Bertz CT molecular complexity index is 570. The number of aryl methyl sites for hydroxylation is 1. The van der Waals surface area contributed by atoms with Crippen molar-refractivity contribution in [3.05, 3.63) is 64.0 Å². The predicted octanol–water partition coefficient (Wildman–Crippen LogP) is 2.95. The van der Waals surface area contributed by atoms with E-state index >= 15 is 0 Å². The second-order valence-corrected chi connectivity index (χ2v) is 4.31. The summed E-state index contributed by atoms with van der Waals surface area (Å²) in [6.45, 7) is 2.56. The monoisotopic (exact) mass is 257 g/mol. The van der Waals surface area contributed by atoms with Crippen molar-refractivity contribution in [2.24, 2.45) is 0 Å². The van der Waals surface area contributed by atoms with E-state index in [9.17, 15) is 10.1 Å². The molecule has 0 fully saturated rings. The first-order valence-electron chi connectivity index (χ1n) is 6.04. The van der Waals surface area contributed by atoms with E-state index in [1.54, 1.807) is 24.5 Å². The van der Waals surface area contributed by atoms with Crippen LogP contribution in [0, 0.1) is 17.0 Å². The highest BCUT2D eigenvalue weighted by molar-refractivity contribution is 5.62. The first-order chi connectivity index (χ1) is 9.16. The molecule has 5 nitrogen and oxygen atoms in total. The fourth-order valence-corrected chi connectivity index (χ4v) is 1.84. The number of nitrogens with zero attached hydrogens (tertiary/aromatic N) is 2. The Kier molecular flexibility index (Phi) is 4.07. The highest BCUT2D eigenvalue weighted by Crippen LogP contribution is 2.25. The van der Waals surface area contributed by atoms with Crippen LogP contribution in [0.15, 0.2) is 42.7 Å². The molecule has 0 aliphatic heterocycles. The van der Waals surface area contributed by atoms with Crippen molar-refractivity contribution in [1.82, 2.24) is 4.98 Å². The molecule has 0 radical (unpaired) electrons. The van der Waals surface area contributed by atoms with Crippen LogP contribution in [0.4, 0.5) is 11.4 Å². The highest BCUT2D eigenvalue weighted by atomic mass is 16.6. The molecule has 2 aromatic rings. The Labute approximate surface area is 111 Å². The molecule has 0 unspecified atom stereocenters. The number of aromatic nitrogens is 1. The second-order valence-electron chi connectivity index (χ2n) is 4.31. The predicted molar refractivity (Wildman–Crippen MR) is 74.3 cm³/mol. The number of pyridine rings is 1. The number of anilines is 1. The van der Waals surface area contributed by atoms with Crippen LogP contribution in [-0.2, 0) is 6.42 Å². The first kappa shape index (κ1) is 13.0. The van der Waals surface area contributed by atoms with Crippen molar-refractivity contribution >= 4 is 11.4 Å². The van der Waals surface area contributed by atoms with E-state index in [0.717, 1.165) is 17.5 Å². The van der Waals surface area contributed by atoms with Crippen molar-refractivity contribution in [3.63, 3.8) is 0 Å². The summed E-state index contributed by atoms with van der Waals surface area (Å²) in [6.07, 6.45) is 4.28. The molecule has 5 heteroatoms. The van der Waals surface area contributed by atoms with Gasteiger partial charge in [0.25, 0.3) is 5.69 Å². The van der Waals surface area contributed by atoms with Crippen molar-refractivity contribution < 1.29 is 4.92 Å². The van der Waals surface area contributed by atoms with Crippen molar-refractivity contribution in [2.45, 2.75) is 13.3 Å². The van der Waals surface area contributed by atoms with Gasteiger partial charge in [-0.05, 0) is 42.7 Å². The number of rotatable bonds is 5. The topological polar surface area (TPSA) is 68.1 Å². The van der Waals surface area contributed by atoms with Gasteiger partial charge in [0.05, 0.1) is 4.92 Å². The number of nitro benzene ring substituents is 1. The largest absolute Gasteiger partial charge is 0.379 e. The van der Waals surface area contributed by atoms with Gasteiger partial charge in [-0.25, -0.2) is 0 Å². The zero-order valence-corrected chi connectivity index (χ0v) is 10.7. The lowest BCUT2D eigenvalue weighted by Crippen LogP contribution is -2.07. The third-order valence-electron chi connectivity index (χ3n) is 2.83. The Morgan fingerprint density at radius 3 is 2.68 bits per heavy atom. The van der Waals surface area contributed by atoms with Crippen LogP contribution in [0.5, 0.6) is 0 Å². The number of benzene rings is 1. The molecule has 1 aromatic carbocycles. The zero-order chi connectivity index (χ0) is 13.7. The van der Waals surface area contributed by atoms with Gasteiger partial charge >= 0.3 is 0 Å². The normalized spacial score (nSPS) is 10.2. The lowest BCUT2D eigenvalue weighted by Gasteiger charge is -2.08. The van der Waals surface area contributed by atoms with Crippen LogP contribution in [0.1, 0.15) is 11.1 Å². The fraction of sp³-hybridized carbons (Fsp3) is 0.214. The van der Waals surface area contributed by atoms with Crippen LogP contribution in [-0.4, -0.2) is 16.5 Å². The van der Waals surface area contributed by atoms with Crippen LogP contribution in [0.25, 0.3) is 0 Å². The van der Waals surface area contributed by atoms with E-state index in [2.05, 4.69) is 10.3 Å². The molecule has 2 rings (SSSR count). The van der Waals surface area contributed by atoms with Gasteiger partial charge in [0.15, 0.2) is 0 Å². The van der Waals surface area contributed by atoms with Crippen molar-refractivity contribution in [3.8, 4) is 0 Å². The lowest BCUT2D eigenvalue weighted by molar-refractivity contribution is -0.384. The molecule has 0 saturated heterocycles. The van der Waals surface area contributed by atoms with E-state index in [1.165, 1.54) is 6.07 Å². The quantitative estimate of drug-likeness (QED) is 0.660. The van der Waals surface area contributed by atoms with Crippen molar-refractivity contribution in [2.75, 3.05) is 11.9 Å². The van der Waals surface area contributed by atoms with Gasteiger partial charge in [0.2, 0.25) is 0 Å². The summed E-state index contributed by atoms with van der Waals surface area (Å²) < 4.78 is 0. The number of nitro groups is 1. The summed E-state index contributed by atoms with van der Waals surface area (Å²) in [5, 5.41) is 14.0.